The summed E-state index contributed by atoms with van der Waals surface area (Å²) >= 11 is 6.32. The normalized spacial score (nSPS) is 15.8. The van der Waals surface area contributed by atoms with E-state index in [0.29, 0.717) is 11.4 Å². The van der Waals surface area contributed by atoms with Gasteiger partial charge in [-0.15, -0.1) is 0 Å². The minimum Gasteiger partial charge on any atom is -0.391 e. The molecule has 1 aliphatic rings. The summed E-state index contributed by atoms with van der Waals surface area (Å²) in [4.78, 5) is 16.0. The molecule has 0 atom stereocenters. The van der Waals surface area contributed by atoms with E-state index in [-0.39, 0.29) is 17.2 Å². The number of hydrogen-bond acceptors (Lipinski definition) is 4. The first kappa shape index (κ1) is 16.0. The molecular weight excluding hydrogens is 316 g/mol. The number of aliphatic hydroxyl groups is 1. The second-order valence-corrected chi connectivity index (χ2v) is 5.98. The Balaban J connectivity index is 1.83. The van der Waals surface area contributed by atoms with Crippen LogP contribution < -0.4 is 15.4 Å². The van der Waals surface area contributed by atoms with Gasteiger partial charge in [0.15, 0.2) is 0 Å². The van der Waals surface area contributed by atoms with Crippen molar-refractivity contribution in [1.82, 2.24) is 9.78 Å². The van der Waals surface area contributed by atoms with Crippen LogP contribution in [0.4, 0.5) is 5.69 Å². The van der Waals surface area contributed by atoms with Gasteiger partial charge in [0, 0.05) is 0 Å². The molecule has 2 aromatic rings. The van der Waals surface area contributed by atoms with Crippen LogP contribution >= 0.6 is 11.6 Å². The molecule has 3 rings (SSSR count). The van der Waals surface area contributed by atoms with Gasteiger partial charge in [-0.25, -0.2) is 0 Å². The van der Waals surface area contributed by atoms with E-state index in [2.05, 4.69) is 10.00 Å². The minimum atomic E-state index is -0.305. The summed E-state index contributed by atoms with van der Waals surface area (Å²) in [7, 11) is 0. The molecule has 23 heavy (non-hydrogen) atoms. The fraction of sp³-hybridized carbons (Fsp3) is 0.375. The second kappa shape index (κ2) is 7.12. The molecule has 2 heterocycles. The smallest absolute Gasteiger partial charge is 0.292 e. The number of hydrogen-bond donors (Lipinski definition) is 2. The van der Waals surface area contributed by atoms with Gasteiger partial charge in [0.1, 0.15) is 11.6 Å². The molecular formula is C16H20ClN4O2+. The van der Waals surface area contributed by atoms with E-state index in [1.807, 2.05) is 30.3 Å². The van der Waals surface area contributed by atoms with Gasteiger partial charge in [-0.2, -0.15) is 9.78 Å². The maximum atomic E-state index is 12.5. The van der Waals surface area contributed by atoms with Gasteiger partial charge in [-0.05, 0) is 12.1 Å². The fourth-order valence-corrected chi connectivity index (χ4v) is 3.12. The molecule has 1 aromatic carbocycles. The monoisotopic (exact) mass is 335 g/mol. The molecule has 0 unspecified atom stereocenters. The lowest BCUT2D eigenvalue weighted by molar-refractivity contribution is -0.900. The number of aromatic nitrogens is 2. The lowest BCUT2D eigenvalue weighted by atomic mass is 10.2. The molecule has 2 N–H and O–H groups in total. The standard InChI is InChI=1S/C16H19ClN4O2/c17-15-14(20-8-6-19(7-9-20)10-11-22)12-18-21(16(15)23)13-4-2-1-3-5-13/h1-5,12,22H,6-11H2/p+1. The Morgan fingerprint density at radius 1 is 1.22 bits per heavy atom. The highest BCUT2D eigenvalue weighted by atomic mass is 35.5. The number of nitrogens with zero attached hydrogens (tertiary/aromatic N) is 3. The van der Waals surface area contributed by atoms with Crippen molar-refractivity contribution in [1.29, 1.82) is 0 Å². The Morgan fingerprint density at radius 2 is 1.91 bits per heavy atom. The first-order chi connectivity index (χ1) is 11.2. The number of benzene rings is 1. The first-order valence-corrected chi connectivity index (χ1v) is 8.11. The third kappa shape index (κ3) is 3.39. The molecule has 6 nitrogen and oxygen atoms in total. The molecule has 0 bridgehead atoms. The third-order valence-corrected chi connectivity index (χ3v) is 4.53. The van der Waals surface area contributed by atoms with Crippen molar-refractivity contribution in [2.24, 2.45) is 0 Å². The van der Waals surface area contributed by atoms with Crippen molar-refractivity contribution in [2.45, 2.75) is 0 Å². The molecule has 1 aliphatic heterocycles. The van der Waals surface area contributed by atoms with Gasteiger partial charge in [-0.3, -0.25) is 4.79 Å². The van der Waals surface area contributed by atoms with Gasteiger partial charge >= 0.3 is 0 Å². The summed E-state index contributed by atoms with van der Waals surface area (Å²) in [6, 6.07) is 9.24. The number of para-hydroxylation sites is 1. The van der Waals surface area contributed by atoms with Crippen LogP contribution in [0.3, 0.4) is 0 Å². The number of piperazine rings is 1. The summed E-state index contributed by atoms with van der Waals surface area (Å²) in [6.45, 7) is 4.38. The van der Waals surface area contributed by atoms with E-state index < -0.39 is 0 Å². The molecule has 1 fully saturated rings. The molecule has 0 radical (unpaired) electrons. The van der Waals surface area contributed by atoms with E-state index in [0.717, 1.165) is 32.7 Å². The largest absolute Gasteiger partial charge is 0.391 e. The molecule has 0 saturated carbocycles. The molecule has 0 aliphatic carbocycles. The predicted octanol–water partition coefficient (Wildman–Crippen LogP) is -0.417. The number of anilines is 1. The van der Waals surface area contributed by atoms with Gasteiger partial charge in [0.25, 0.3) is 5.56 Å². The first-order valence-electron chi connectivity index (χ1n) is 7.73. The van der Waals surface area contributed by atoms with Gasteiger partial charge in [-0.1, -0.05) is 29.8 Å². The molecule has 7 heteroatoms. The van der Waals surface area contributed by atoms with Crippen molar-refractivity contribution < 1.29 is 10.0 Å². The van der Waals surface area contributed by atoms with Crippen LogP contribution in [-0.2, 0) is 0 Å². The molecule has 122 valence electrons. The molecule has 0 spiro atoms. The topological polar surface area (TPSA) is 62.8 Å². The van der Waals surface area contributed by atoms with Crippen LogP contribution in [-0.4, -0.2) is 54.2 Å². The summed E-state index contributed by atoms with van der Waals surface area (Å²) < 4.78 is 1.32. The Bertz CT molecular complexity index is 712. The average Bonchev–Trinajstić information content (AvgIpc) is 2.59. The van der Waals surface area contributed by atoms with E-state index in [1.165, 1.54) is 9.58 Å². The van der Waals surface area contributed by atoms with Crippen LogP contribution in [0.1, 0.15) is 0 Å². The Morgan fingerprint density at radius 3 is 2.57 bits per heavy atom. The van der Waals surface area contributed by atoms with E-state index >= 15 is 0 Å². The van der Waals surface area contributed by atoms with Crippen molar-refractivity contribution >= 4 is 17.3 Å². The van der Waals surface area contributed by atoms with E-state index in [9.17, 15) is 4.79 Å². The van der Waals surface area contributed by atoms with Crippen LogP contribution in [0.5, 0.6) is 0 Å². The summed E-state index contributed by atoms with van der Waals surface area (Å²) in [5, 5.41) is 13.5. The van der Waals surface area contributed by atoms with Crippen LogP contribution in [0.15, 0.2) is 41.3 Å². The highest BCUT2D eigenvalue weighted by Gasteiger charge is 2.23. The zero-order valence-corrected chi connectivity index (χ0v) is 13.5. The summed E-state index contributed by atoms with van der Waals surface area (Å²) in [6.07, 6.45) is 1.66. The number of aliphatic hydroxyl groups excluding tert-OH is 1. The fourth-order valence-electron chi connectivity index (χ4n) is 2.87. The number of nitrogens with one attached hydrogen (secondary N) is 1. The number of quaternary nitrogens is 1. The average molecular weight is 336 g/mol. The third-order valence-electron chi connectivity index (χ3n) is 4.18. The Labute approximate surface area is 139 Å². The zero-order chi connectivity index (χ0) is 16.2. The highest BCUT2D eigenvalue weighted by Crippen LogP contribution is 2.21. The zero-order valence-electron chi connectivity index (χ0n) is 12.8. The highest BCUT2D eigenvalue weighted by molar-refractivity contribution is 6.33. The van der Waals surface area contributed by atoms with Gasteiger partial charge < -0.3 is 14.9 Å². The van der Waals surface area contributed by atoms with Crippen LogP contribution in [0.2, 0.25) is 5.02 Å². The van der Waals surface area contributed by atoms with Crippen molar-refractivity contribution in [3.05, 3.63) is 51.9 Å². The van der Waals surface area contributed by atoms with Gasteiger partial charge in [0.05, 0.1) is 50.4 Å². The summed E-state index contributed by atoms with van der Waals surface area (Å²) in [5.74, 6) is 0. The second-order valence-electron chi connectivity index (χ2n) is 5.61. The Hall–Kier alpha value is -1.89. The maximum Gasteiger partial charge on any atom is 0.292 e. The van der Waals surface area contributed by atoms with E-state index in [4.69, 9.17) is 16.7 Å². The number of halogens is 1. The Kier molecular flexibility index (Phi) is 4.95. The number of rotatable bonds is 4. The van der Waals surface area contributed by atoms with E-state index in [1.54, 1.807) is 6.20 Å². The quantitative estimate of drug-likeness (QED) is 0.797. The summed E-state index contributed by atoms with van der Waals surface area (Å²) in [5.41, 5.74) is 1.08. The van der Waals surface area contributed by atoms with Crippen molar-refractivity contribution in [3.63, 3.8) is 0 Å². The lowest BCUT2D eigenvalue weighted by Gasteiger charge is -2.33. The van der Waals surface area contributed by atoms with Gasteiger partial charge in [0.2, 0.25) is 0 Å². The van der Waals surface area contributed by atoms with Crippen LogP contribution in [0, 0.1) is 0 Å². The lowest BCUT2D eigenvalue weighted by Crippen LogP contribution is -3.15. The van der Waals surface area contributed by atoms with Crippen molar-refractivity contribution in [3.8, 4) is 5.69 Å². The van der Waals surface area contributed by atoms with Crippen molar-refractivity contribution in [2.75, 3.05) is 44.2 Å². The maximum absolute atomic E-state index is 12.5. The SMILES string of the molecule is O=c1c(Cl)c(N2CC[NH+](CCO)CC2)cnn1-c1ccccc1. The van der Waals surface area contributed by atoms with Crippen LogP contribution in [0.25, 0.3) is 5.69 Å². The molecule has 1 saturated heterocycles. The predicted molar refractivity (Wildman–Crippen MR) is 89.7 cm³/mol. The minimum absolute atomic E-state index is 0.199. The molecule has 0 amide bonds. The molecule has 1 aromatic heterocycles.